The van der Waals surface area contributed by atoms with Gasteiger partial charge in [-0.25, -0.2) is 4.79 Å². The Morgan fingerprint density at radius 3 is 2.23 bits per heavy atom. The van der Waals surface area contributed by atoms with Crippen molar-refractivity contribution in [3.8, 4) is 5.75 Å². The number of para-hydroxylation sites is 2. The number of fused-ring (bicyclic) bond motifs is 1. The molecule has 2 atom stereocenters. The molecule has 0 radical (unpaired) electrons. The number of benzene rings is 1. The van der Waals surface area contributed by atoms with Crippen LogP contribution in [0.3, 0.4) is 0 Å². The summed E-state index contributed by atoms with van der Waals surface area (Å²) in [5.74, 6) is -0.884. The van der Waals surface area contributed by atoms with Gasteiger partial charge in [-0.1, -0.05) is 44.2 Å². The smallest absolute Gasteiger partial charge is 0.407 e. The molecule has 0 bridgehead atoms. The predicted molar refractivity (Wildman–Crippen MR) is 164 cm³/mol. The van der Waals surface area contributed by atoms with Crippen molar-refractivity contribution in [3.63, 3.8) is 0 Å². The number of hydrogen-bond donors (Lipinski definition) is 2. The van der Waals surface area contributed by atoms with Crippen molar-refractivity contribution < 1.29 is 38.1 Å². The first kappa shape index (κ1) is 35.9. The monoisotopic (exact) mass is 605 g/mol. The lowest BCUT2D eigenvalue weighted by Gasteiger charge is -2.28. The number of ether oxygens (including phenoxy) is 4. The Labute approximate surface area is 256 Å². The quantitative estimate of drug-likeness (QED) is 0.163. The molecule has 43 heavy (non-hydrogen) atoms. The van der Waals surface area contributed by atoms with Crippen molar-refractivity contribution >= 4 is 29.6 Å². The van der Waals surface area contributed by atoms with Crippen molar-refractivity contribution in [2.45, 2.75) is 117 Å². The fourth-order valence-electron chi connectivity index (χ4n) is 4.58. The van der Waals surface area contributed by atoms with Gasteiger partial charge < -0.3 is 24.3 Å². The summed E-state index contributed by atoms with van der Waals surface area (Å²) >= 11 is 0. The lowest BCUT2D eigenvalue weighted by molar-refractivity contribution is -0.154. The molecule has 1 aliphatic rings. The van der Waals surface area contributed by atoms with E-state index in [4.69, 9.17) is 18.9 Å². The molecule has 0 fully saturated rings. The summed E-state index contributed by atoms with van der Waals surface area (Å²) in [4.78, 5) is 52.4. The van der Waals surface area contributed by atoms with Gasteiger partial charge in [0.05, 0.1) is 12.3 Å². The van der Waals surface area contributed by atoms with E-state index < -0.39 is 41.3 Å². The molecule has 2 rings (SSSR count). The third-order valence-electron chi connectivity index (χ3n) is 6.39. The molecule has 0 saturated heterocycles. The second-order valence-corrected chi connectivity index (χ2v) is 12.7. The van der Waals surface area contributed by atoms with Crippen LogP contribution in [0.25, 0.3) is 0 Å². The standard InChI is InChI=1S/C32H51N3O8/c1-8-40-29(38)23(17-13-11-9-10-12-16-20-33-30(39)43-32(5,6)7)34-24-22-41-26-19-15-14-18-25(26)35(28(24)37)21-27(36)42-31(2,3)4/h14-15,18-19,23-24,34H,8-13,16-17,20-22H2,1-7H3,(H,33,39)/t23-,24?/m0/s1. The van der Waals surface area contributed by atoms with Gasteiger partial charge >= 0.3 is 18.0 Å². The average Bonchev–Trinajstić information content (AvgIpc) is 3.01. The minimum Gasteiger partial charge on any atom is -0.489 e. The summed E-state index contributed by atoms with van der Waals surface area (Å²) in [6.07, 6.45) is 5.56. The molecule has 0 saturated carbocycles. The van der Waals surface area contributed by atoms with Gasteiger partial charge in [0.15, 0.2) is 0 Å². The number of amides is 2. The number of nitrogens with one attached hydrogen (secondary N) is 2. The SMILES string of the molecule is CCOC(=O)[C@H](CCCCCCCCNC(=O)OC(C)(C)C)NC1COc2ccccc2N(CC(=O)OC(C)(C)C)C1=O. The van der Waals surface area contributed by atoms with Crippen LogP contribution in [-0.4, -0.2) is 73.5 Å². The van der Waals surface area contributed by atoms with E-state index in [2.05, 4.69) is 10.6 Å². The molecular weight excluding hydrogens is 554 g/mol. The molecule has 2 N–H and O–H groups in total. The van der Waals surface area contributed by atoms with E-state index in [1.54, 1.807) is 52.0 Å². The van der Waals surface area contributed by atoms with E-state index >= 15 is 0 Å². The zero-order valence-corrected chi connectivity index (χ0v) is 27.0. The Balaban J connectivity index is 1.92. The first-order chi connectivity index (χ1) is 20.2. The molecule has 11 nitrogen and oxygen atoms in total. The summed E-state index contributed by atoms with van der Waals surface area (Å²) in [6.45, 7) is 13.0. The first-order valence-electron chi connectivity index (χ1n) is 15.3. The van der Waals surface area contributed by atoms with Gasteiger partial charge in [-0.15, -0.1) is 0 Å². The van der Waals surface area contributed by atoms with Gasteiger partial charge in [0.2, 0.25) is 5.91 Å². The topological polar surface area (TPSA) is 132 Å². The number of unbranched alkanes of at least 4 members (excludes halogenated alkanes) is 5. The van der Waals surface area contributed by atoms with Crippen molar-refractivity contribution in [1.82, 2.24) is 10.6 Å². The molecule has 1 unspecified atom stereocenters. The summed E-state index contributed by atoms with van der Waals surface area (Å²) in [6, 6.07) is 5.44. The Morgan fingerprint density at radius 1 is 0.953 bits per heavy atom. The van der Waals surface area contributed by atoms with Crippen LogP contribution in [0.15, 0.2) is 24.3 Å². The van der Waals surface area contributed by atoms with Gasteiger partial charge in [-0.05, 0) is 73.4 Å². The number of carbonyl (C=O) groups is 4. The number of esters is 2. The van der Waals surface area contributed by atoms with Gasteiger partial charge in [0.25, 0.3) is 0 Å². The molecular formula is C32H51N3O8. The van der Waals surface area contributed by atoms with E-state index in [1.165, 1.54) is 4.90 Å². The van der Waals surface area contributed by atoms with Crippen LogP contribution in [-0.2, 0) is 28.6 Å². The van der Waals surface area contributed by atoms with Crippen LogP contribution < -0.4 is 20.3 Å². The minimum absolute atomic E-state index is 0.00605. The van der Waals surface area contributed by atoms with Crippen LogP contribution in [0.5, 0.6) is 5.75 Å². The van der Waals surface area contributed by atoms with Gasteiger partial charge in [-0.2, -0.15) is 0 Å². The Kier molecular flexibility index (Phi) is 14.2. The molecule has 2 amide bonds. The fraction of sp³-hybridized carbons (Fsp3) is 0.688. The predicted octanol–water partition coefficient (Wildman–Crippen LogP) is 4.90. The summed E-state index contributed by atoms with van der Waals surface area (Å²) in [5, 5.41) is 5.94. The molecule has 242 valence electrons. The van der Waals surface area contributed by atoms with Crippen LogP contribution in [0, 0.1) is 0 Å². The van der Waals surface area contributed by atoms with Crippen molar-refractivity contribution in [1.29, 1.82) is 0 Å². The number of carbonyl (C=O) groups excluding carboxylic acids is 4. The molecule has 1 heterocycles. The van der Waals surface area contributed by atoms with Crippen LogP contribution in [0.2, 0.25) is 0 Å². The van der Waals surface area contributed by atoms with Gasteiger partial charge in [0, 0.05) is 6.54 Å². The van der Waals surface area contributed by atoms with Crippen LogP contribution in [0.1, 0.15) is 93.4 Å². The van der Waals surface area contributed by atoms with Crippen molar-refractivity contribution in [2.75, 3.05) is 31.2 Å². The van der Waals surface area contributed by atoms with Crippen LogP contribution >= 0.6 is 0 Å². The Hall–Kier alpha value is -3.34. The Morgan fingerprint density at radius 2 is 1.58 bits per heavy atom. The molecule has 1 aromatic carbocycles. The maximum Gasteiger partial charge on any atom is 0.407 e. The highest BCUT2D eigenvalue weighted by atomic mass is 16.6. The zero-order valence-electron chi connectivity index (χ0n) is 27.0. The lowest BCUT2D eigenvalue weighted by Crippen LogP contribution is -2.55. The highest BCUT2D eigenvalue weighted by Gasteiger charge is 2.36. The Bertz CT molecular complexity index is 1060. The summed E-state index contributed by atoms with van der Waals surface area (Å²) in [7, 11) is 0. The molecule has 0 spiro atoms. The maximum absolute atomic E-state index is 13.7. The highest BCUT2D eigenvalue weighted by Crippen LogP contribution is 2.31. The van der Waals surface area contributed by atoms with Crippen molar-refractivity contribution in [3.05, 3.63) is 24.3 Å². The number of alkyl carbamates (subject to hydrolysis) is 1. The zero-order chi connectivity index (χ0) is 32.0. The van der Waals surface area contributed by atoms with E-state index in [0.29, 0.717) is 24.4 Å². The average molecular weight is 606 g/mol. The minimum atomic E-state index is -0.873. The summed E-state index contributed by atoms with van der Waals surface area (Å²) in [5.41, 5.74) is -0.746. The van der Waals surface area contributed by atoms with E-state index in [-0.39, 0.29) is 25.7 Å². The molecule has 1 aliphatic heterocycles. The van der Waals surface area contributed by atoms with Crippen molar-refractivity contribution in [2.24, 2.45) is 0 Å². The molecule has 0 aromatic heterocycles. The van der Waals surface area contributed by atoms with Crippen LogP contribution in [0.4, 0.5) is 10.5 Å². The third-order valence-corrected chi connectivity index (χ3v) is 6.39. The largest absolute Gasteiger partial charge is 0.489 e. The molecule has 0 aliphatic carbocycles. The second-order valence-electron chi connectivity index (χ2n) is 12.7. The van der Waals surface area contributed by atoms with E-state index in [1.807, 2.05) is 20.8 Å². The third kappa shape index (κ3) is 13.7. The highest BCUT2D eigenvalue weighted by molar-refractivity contribution is 6.02. The maximum atomic E-state index is 13.7. The first-order valence-corrected chi connectivity index (χ1v) is 15.3. The fourth-order valence-corrected chi connectivity index (χ4v) is 4.58. The second kappa shape index (κ2) is 17.1. The number of hydrogen-bond acceptors (Lipinski definition) is 9. The van der Waals surface area contributed by atoms with Gasteiger partial charge in [0.1, 0.15) is 42.2 Å². The molecule has 11 heteroatoms. The number of rotatable bonds is 15. The number of anilines is 1. The normalized spacial score (nSPS) is 15.9. The lowest BCUT2D eigenvalue weighted by atomic mass is 10.0. The molecule has 1 aromatic rings. The number of nitrogens with zero attached hydrogens (tertiary/aromatic N) is 1. The van der Waals surface area contributed by atoms with E-state index in [0.717, 1.165) is 38.5 Å². The van der Waals surface area contributed by atoms with E-state index in [9.17, 15) is 19.2 Å². The van der Waals surface area contributed by atoms with Gasteiger partial charge in [-0.3, -0.25) is 24.6 Å². The summed E-state index contributed by atoms with van der Waals surface area (Å²) < 4.78 is 22.0.